The van der Waals surface area contributed by atoms with Crippen LogP contribution in [-0.2, 0) is 24.8 Å². The van der Waals surface area contributed by atoms with Crippen LogP contribution in [0.3, 0.4) is 0 Å². The van der Waals surface area contributed by atoms with Crippen LogP contribution in [0.2, 0.25) is 0 Å². The maximum absolute atomic E-state index is 5.46. The average Bonchev–Trinajstić information content (AvgIpc) is 2.59. The molecule has 2 rings (SSSR count). The largest absolute Gasteiger partial charge is 0.379 e. The molecule has 5 heteroatoms. The van der Waals surface area contributed by atoms with Gasteiger partial charge in [-0.05, 0) is 29.3 Å². The summed E-state index contributed by atoms with van der Waals surface area (Å²) in [5, 5.41) is 4.53. The van der Waals surface area contributed by atoms with Crippen molar-refractivity contribution in [2.75, 3.05) is 19.8 Å². The average molecular weight is 302 g/mol. The fourth-order valence-electron chi connectivity index (χ4n) is 2.18. The first kappa shape index (κ1) is 13.1. The number of aryl methyl sites for hydroxylation is 2. The van der Waals surface area contributed by atoms with Gasteiger partial charge in [0.1, 0.15) is 0 Å². The van der Waals surface area contributed by atoms with Gasteiger partial charge in [0.05, 0.1) is 29.1 Å². The number of hydrogen-bond donors (Lipinski definition) is 0. The Bertz CT molecular complexity index is 391. The van der Waals surface area contributed by atoms with Crippen LogP contribution in [0.15, 0.2) is 4.47 Å². The van der Waals surface area contributed by atoms with Crippen molar-refractivity contribution in [3.05, 3.63) is 15.9 Å². The van der Waals surface area contributed by atoms with Crippen molar-refractivity contribution in [3.8, 4) is 0 Å². The molecule has 1 aromatic rings. The third-order valence-corrected chi connectivity index (χ3v) is 4.28. The molecule has 0 aliphatic carbocycles. The van der Waals surface area contributed by atoms with E-state index >= 15 is 0 Å². The summed E-state index contributed by atoms with van der Waals surface area (Å²) in [6, 6.07) is 0.482. The molecule has 1 unspecified atom stereocenters. The lowest BCUT2D eigenvalue weighted by molar-refractivity contribution is -0.00546. The Morgan fingerprint density at radius 1 is 1.53 bits per heavy atom. The van der Waals surface area contributed by atoms with Crippen LogP contribution in [0.1, 0.15) is 25.2 Å². The first-order chi connectivity index (χ1) is 8.13. The molecule has 0 radical (unpaired) electrons. The molecule has 0 aromatic carbocycles. The number of halogens is 1. The number of aromatic nitrogens is 2. The van der Waals surface area contributed by atoms with Crippen LogP contribution < -0.4 is 0 Å². The summed E-state index contributed by atoms with van der Waals surface area (Å²) in [7, 11) is 2.02. The predicted molar refractivity (Wildman–Crippen MR) is 71.0 cm³/mol. The topological polar surface area (TPSA) is 30.3 Å². The standard InChI is InChI=1S/C12H20BrN3O/c1-4-10-12(13)11(15(3)14-10)7-16-5-6-17-8-9(16)2/h9H,4-8H2,1-3H3. The molecule has 0 spiro atoms. The zero-order chi connectivity index (χ0) is 12.4. The van der Waals surface area contributed by atoms with Gasteiger partial charge in [0.15, 0.2) is 0 Å². The molecule has 1 saturated heterocycles. The van der Waals surface area contributed by atoms with Gasteiger partial charge in [-0.25, -0.2) is 0 Å². The predicted octanol–water partition coefficient (Wildman–Crippen LogP) is 1.97. The molecule has 0 bridgehead atoms. The number of hydrogen-bond acceptors (Lipinski definition) is 3. The summed E-state index contributed by atoms with van der Waals surface area (Å²) in [5.41, 5.74) is 2.40. The maximum Gasteiger partial charge on any atom is 0.0767 e. The number of morpholine rings is 1. The minimum atomic E-state index is 0.482. The zero-order valence-electron chi connectivity index (χ0n) is 10.7. The molecular formula is C12H20BrN3O. The Balaban J connectivity index is 2.14. The SMILES string of the molecule is CCc1nn(C)c(CN2CCOCC2C)c1Br. The van der Waals surface area contributed by atoms with E-state index in [0.717, 1.165) is 38.4 Å². The molecule has 1 aromatic heterocycles. The summed E-state index contributed by atoms with van der Waals surface area (Å²) >= 11 is 3.67. The van der Waals surface area contributed by atoms with Crippen LogP contribution >= 0.6 is 15.9 Å². The molecule has 96 valence electrons. The van der Waals surface area contributed by atoms with E-state index in [9.17, 15) is 0 Å². The zero-order valence-corrected chi connectivity index (χ0v) is 12.3. The van der Waals surface area contributed by atoms with Gasteiger partial charge in [-0.15, -0.1) is 0 Å². The lowest BCUT2D eigenvalue weighted by atomic mass is 10.2. The smallest absolute Gasteiger partial charge is 0.0767 e. The van der Waals surface area contributed by atoms with Gasteiger partial charge in [-0.3, -0.25) is 9.58 Å². The summed E-state index contributed by atoms with van der Waals surface area (Å²) < 4.78 is 8.62. The van der Waals surface area contributed by atoms with Gasteiger partial charge in [0.2, 0.25) is 0 Å². The first-order valence-electron chi connectivity index (χ1n) is 6.15. The van der Waals surface area contributed by atoms with Crippen LogP contribution in [0, 0.1) is 0 Å². The van der Waals surface area contributed by atoms with E-state index in [1.165, 1.54) is 10.2 Å². The molecule has 1 atom stereocenters. The molecule has 0 N–H and O–H groups in total. The fourth-order valence-corrected chi connectivity index (χ4v) is 2.92. The van der Waals surface area contributed by atoms with Crippen molar-refractivity contribution < 1.29 is 4.74 Å². The van der Waals surface area contributed by atoms with E-state index in [1.807, 2.05) is 11.7 Å². The highest BCUT2D eigenvalue weighted by atomic mass is 79.9. The van der Waals surface area contributed by atoms with Gasteiger partial charge in [-0.2, -0.15) is 5.10 Å². The van der Waals surface area contributed by atoms with Gasteiger partial charge >= 0.3 is 0 Å². The lowest BCUT2D eigenvalue weighted by Gasteiger charge is -2.33. The minimum absolute atomic E-state index is 0.482. The highest BCUT2D eigenvalue weighted by Crippen LogP contribution is 2.24. The Hall–Kier alpha value is -0.390. The van der Waals surface area contributed by atoms with Crippen molar-refractivity contribution in [1.82, 2.24) is 14.7 Å². The van der Waals surface area contributed by atoms with E-state index < -0.39 is 0 Å². The van der Waals surface area contributed by atoms with Crippen LogP contribution in [-0.4, -0.2) is 40.5 Å². The normalized spacial score (nSPS) is 22.0. The lowest BCUT2D eigenvalue weighted by Crippen LogP contribution is -2.43. The molecule has 17 heavy (non-hydrogen) atoms. The monoisotopic (exact) mass is 301 g/mol. The Morgan fingerprint density at radius 3 is 2.88 bits per heavy atom. The van der Waals surface area contributed by atoms with E-state index in [0.29, 0.717) is 6.04 Å². The van der Waals surface area contributed by atoms with Crippen molar-refractivity contribution >= 4 is 15.9 Å². The van der Waals surface area contributed by atoms with Crippen molar-refractivity contribution in [2.45, 2.75) is 32.9 Å². The van der Waals surface area contributed by atoms with Crippen LogP contribution in [0.4, 0.5) is 0 Å². The molecule has 1 fully saturated rings. The molecule has 2 heterocycles. The minimum Gasteiger partial charge on any atom is -0.379 e. The Morgan fingerprint density at radius 2 is 2.29 bits per heavy atom. The quantitative estimate of drug-likeness (QED) is 0.855. The summed E-state index contributed by atoms with van der Waals surface area (Å²) in [5.74, 6) is 0. The summed E-state index contributed by atoms with van der Waals surface area (Å²) in [4.78, 5) is 2.45. The highest BCUT2D eigenvalue weighted by molar-refractivity contribution is 9.10. The Kier molecular flexibility index (Phi) is 4.22. The second kappa shape index (κ2) is 5.50. The molecule has 1 aliphatic heterocycles. The van der Waals surface area contributed by atoms with E-state index in [4.69, 9.17) is 4.74 Å². The molecule has 4 nitrogen and oxygen atoms in total. The van der Waals surface area contributed by atoms with Crippen LogP contribution in [0.5, 0.6) is 0 Å². The number of ether oxygens (including phenoxy) is 1. The third-order valence-electron chi connectivity index (χ3n) is 3.36. The molecule has 0 saturated carbocycles. The molecular weight excluding hydrogens is 282 g/mol. The number of nitrogens with zero attached hydrogens (tertiary/aromatic N) is 3. The molecule has 0 amide bonds. The van der Waals surface area contributed by atoms with Crippen molar-refractivity contribution in [2.24, 2.45) is 7.05 Å². The van der Waals surface area contributed by atoms with Gasteiger partial charge in [0.25, 0.3) is 0 Å². The number of rotatable bonds is 3. The fraction of sp³-hybridized carbons (Fsp3) is 0.750. The second-order valence-corrected chi connectivity index (χ2v) is 5.37. The van der Waals surface area contributed by atoms with E-state index in [-0.39, 0.29) is 0 Å². The summed E-state index contributed by atoms with van der Waals surface area (Å²) in [6.45, 7) is 7.95. The van der Waals surface area contributed by atoms with E-state index in [2.05, 4.69) is 39.8 Å². The molecule has 1 aliphatic rings. The third kappa shape index (κ3) is 2.72. The second-order valence-electron chi connectivity index (χ2n) is 4.58. The highest BCUT2D eigenvalue weighted by Gasteiger charge is 2.22. The van der Waals surface area contributed by atoms with Crippen molar-refractivity contribution in [3.63, 3.8) is 0 Å². The van der Waals surface area contributed by atoms with Crippen LogP contribution in [0.25, 0.3) is 0 Å². The van der Waals surface area contributed by atoms with Gasteiger partial charge in [0, 0.05) is 26.2 Å². The van der Waals surface area contributed by atoms with Gasteiger partial charge in [-0.1, -0.05) is 6.92 Å². The Labute approximate surface area is 111 Å². The maximum atomic E-state index is 5.46. The van der Waals surface area contributed by atoms with Gasteiger partial charge < -0.3 is 4.74 Å². The summed E-state index contributed by atoms with van der Waals surface area (Å²) in [6.07, 6.45) is 0.965. The van der Waals surface area contributed by atoms with Crippen molar-refractivity contribution in [1.29, 1.82) is 0 Å². The van der Waals surface area contributed by atoms with E-state index in [1.54, 1.807) is 0 Å². The first-order valence-corrected chi connectivity index (χ1v) is 6.94.